The summed E-state index contributed by atoms with van der Waals surface area (Å²) in [5, 5.41) is 2.86. The van der Waals surface area contributed by atoms with E-state index in [1.54, 1.807) is 4.31 Å². The molecule has 1 atom stereocenters. The van der Waals surface area contributed by atoms with Gasteiger partial charge in [-0.05, 0) is 32.7 Å². The van der Waals surface area contributed by atoms with Crippen molar-refractivity contribution in [3.05, 3.63) is 0 Å². The van der Waals surface area contributed by atoms with E-state index in [0.29, 0.717) is 32.6 Å². The summed E-state index contributed by atoms with van der Waals surface area (Å²) in [6, 6.07) is 0.146. The monoisotopic (exact) mass is 262 g/mol. The van der Waals surface area contributed by atoms with Crippen LogP contribution in [0.4, 0.5) is 0 Å². The third-order valence-corrected chi connectivity index (χ3v) is 6.13. The maximum atomic E-state index is 12.5. The van der Waals surface area contributed by atoms with E-state index < -0.39 is 10.0 Å². The van der Waals surface area contributed by atoms with E-state index in [0.717, 1.165) is 19.4 Å². The van der Waals surface area contributed by atoms with Gasteiger partial charge >= 0.3 is 0 Å². The summed E-state index contributed by atoms with van der Waals surface area (Å²) in [4.78, 5) is 0. The summed E-state index contributed by atoms with van der Waals surface area (Å²) in [6.45, 7) is 2.59. The highest BCUT2D eigenvalue weighted by atomic mass is 32.2. The minimum Gasteiger partial charge on any atom is -0.381 e. The molecule has 0 aromatic heterocycles. The summed E-state index contributed by atoms with van der Waals surface area (Å²) in [5.74, 6) is 0. The molecule has 0 amide bonds. The first-order valence-corrected chi connectivity index (χ1v) is 7.89. The van der Waals surface area contributed by atoms with Crippen molar-refractivity contribution in [2.75, 3.05) is 33.4 Å². The molecule has 0 aliphatic carbocycles. The molecule has 0 saturated carbocycles. The Balaban J connectivity index is 2.07. The molecular weight excluding hydrogens is 240 g/mol. The molecular formula is C11H22N2O3S. The Bertz CT molecular complexity index is 339. The Morgan fingerprint density at radius 1 is 1.29 bits per heavy atom. The van der Waals surface area contributed by atoms with Crippen LogP contribution in [0.3, 0.4) is 0 Å². The lowest BCUT2D eigenvalue weighted by atomic mass is 10.2. The second-order valence-electron chi connectivity index (χ2n) is 4.82. The Morgan fingerprint density at radius 2 is 2.00 bits per heavy atom. The highest BCUT2D eigenvalue weighted by Crippen LogP contribution is 2.27. The predicted molar refractivity (Wildman–Crippen MR) is 66.4 cm³/mol. The largest absolute Gasteiger partial charge is 0.381 e. The maximum absolute atomic E-state index is 12.5. The van der Waals surface area contributed by atoms with Crippen molar-refractivity contribution in [2.24, 2.45) is 0 Å². The average molecular weight is 262 g/mol. The minimum absolute atomic E-state index is 0.146. The van der Waals surface area contributed by atoms with Gasteiger partial charge in [0, 0.05) is 32.3 Å². The minimum atomic E-state index is -3.12. The zero-order chi connectivity index (χ0) is 12.3. The van der Waals surface area contributed by atoms with Gasteiger partial charge in [-0.25, -0.2) is 8.42 Å². The van der Waals surface area contributed by atoms with Gasteiger partial charge in [0.25, 0.3) is 0 Å². The fourth-order valence-corrected chi connectivity index (χ4v) is 4.90. The van der Waals surface area contributed by atoms with Gasteiger partial charge in [-0.15, -0.1) is 0 Å². The molecule has 5 nitrogen and oxygen atoms in total. The lowest BCUT2D eigenvalue weighted by molar-refractivity contribution is 0.0971. The SMILES string of the molecule is CNCC1CCCN1S(=O)(=O)C1CCOCC1. The smallest absolute Gasteiger partial charge is 0.217 e. The standard InChI is InChI=1S/C11H22N2O3S/c1-12-9-10-3-2-6-13(10)17(14,15)11-4-7-16-8-5-11/h10-12H,2-9H2,1H3. The lowest BCUT2D eigenvalue weighted by Crippen LogP contribution is -2.46. The highest BCUT2D eigenvalue weighted by molar-refractivity contribution is 7.89. The van der Waals surface area contributed by atoms with Gasteiger partial charge in [0.1, 0.15) is 0 Å². The summed E-state index contributed by atoms with van der Waals surface area (Å²) in [5.41, 5.74) is 0. The normalized spacial score (nSPS) is 28.6. The van der Waals surface area contributed by atoms with E-state index >= 15 is 0 Å². The number of ether oxygens (including phenoxy) is 1. The summed E-state index contributed by atoms with van der Waals surface area (Å²) < 4.78 is 32.0. The summed E-state index contributed by atoms with van der Waals surface area (Å²) >= 11 is 0. The van der Waals surface area contributed by atoms with E-state index in [9.17, 15) is 8.42 Å². The molecule has 0 spiro atoms. The molecule has 100 valence electrons. The van der Waals surface area contributed by atoms with Crippen LogP contribution in [0, 0.1) is 0 Å². The number of likely N-dealkylation sites (N-methyl/N-ethyl adjacent to an activating group) is 1. The van der Waals surface area contributed by atoms with Crippen LogP contribution >= 0.6 is 0 Å². The van der Waals surface area contributed by atoms with Crippen molar-refractivity contribution in [3.8, 4) is 0 Å². The van der Waals surface area contributed by atoms with Gasteiger partial charge in [0.2, 0.25) is 10.0 Å². The number of sulfonamides is 1. The molecule has 1 N–H and O–H groups in total. The fourth-order valence-electron chi connectivity index (χ4n) is 2.75. The summed E-state index contributed by atoms with van der Waals surface area (Å²) in [6.07, 6.45) is 3.24. The molecule has 2 aliphatic rings. The molecule has 0 bridgehead atoms. The molecule has 0 radical (unpaired) electrons. The Morgan fingerprint density at radius 3 is 2.65 bits per heavy atom. The number of hydrogen-bond acceptors (Lipinski definition) is 4. The van der Waals surface area contributed by atoms with Crippen molar-refractivity contribution in [2.45, 2.75) is 37.0 Å². The molecule has 2 aliphatic heterocycles. The topological polar surface area (TPSA) is 58.6 Å². The predicted octanol–water partition coefficient (Wildman–Crippen LogP) is 0.179. The Labute approximate surface area is 104 Å². The number of hydrogen-bond donors (Lipinski definition) is 1. The van der Waals surface area contributed by atoms with E-state index in [4.69, 9.17) is 4.74 Å². The number of nitrogens with zero attached hydrogens (tertiary/aromatic N) is 1. The van der Waals surface area contributed by atoms with Crippen molar-refractivity contribution in [1.82, 2.24) is 9.62 Å². The van der Waals surface area contributed by atoms with E-state index in [1.165, 1.54) is 0 Å². The van der Waals surface area contributed by atoms with Gasteiger partial charge in [-0.2, -0.15) is 4.31 Å². The third kappa shape index (κ3) is 2.81. The van der Waals surface area contributed by atoms with Crippen molar-refractivity contribution in [1.29, 1.82) is 0 Å². The van der Waals surface area contributed by atoms with Crippen LogP contribution in [0.25, 0.3) is 0 Å². The molecule has 1 unspecified atom stereocenters. The molecule has 6 heteroatoms. The quantitative estimate of drug-likeness (QED) is 0.785. The molecule has 0 aromatic carbocycles. The van der Waals surface area contributed by atoms with E-state index in [2.05, 4.69) is 5.32 Å². The molecule has 2 heterocycles. The third-order valence-electron chi connectivity index (χ3n) is 3.68. The molecule has 0 aromatic rings. The van der Waals surface area contributed by atoms with Gasteiger partial charge in [-0.3, -0.25) is 0 Å². The van der Waals surface area contributed by atoms with Crippen LogP contribution in [0.1, 0.15) is 25.7 Å². The van der Waals surface area contributed by atoms with Gasteiger partial charge in [-0.1, -0.05) is 0 Å². The molecule has 2 saturated heterocycles. The molecule has 2 rings (SSSR count). The fraction of sp³-hybridized carbons (Fsp3) is 1.00. The van der Waals surface area contributed by atoms with Crippen molar-refractivity contribution >= 4 is 10.0 Å². The maximum Gasteiger partial charge on any atom is 0.217 e. The second kappa shape index (κ2) is 5.65. The molecule has 17 heavy (non-hydrogen) atoms. The van der Waals surface area contributed by atoms with Gasteiger partial charge in [0.15, 0.2) is 0 Å². The van der Waals surface area contributed by atoms with Crippen molar-refractivity contribution < 1.29 is 13.2 Å². The zero-order valence-electron chi connectivity index (χ0n) is 10.4. The van der Waals surface area contributed by atoms with E-state index in [1.807, 2.05) is 7.05 Å². The Hall–Kier alpha value is -0.170. The number of rotatable bonds is 4. The Kier molecular flexibility index (Phi) is 4.41. The zero-order valence-corrected chi connectivity index (χ0v) is 11.2. The van der Waals surface area contributed by atoms with Crippen LogP contribution in [-0.4, -0.2) is 57.4 Å². The van der Waals surface area contributed by atoms with Crippen LogP contribution < -0.4 is 5.32 Å². The van der Waals surface area contributed by atoms with Crippen LogP contribution in [0.15, 0.2) is 0 Å². The van der Waals surface area contributed by atoms with Gasteiger partial charge in [0.05, 0.1) is 5.25 Å². The first kappa shape index (κ1) is 13.3. The summed E-state index contributed by atoms with van der Waals surface area (Å²) in [7, 11) is -1.25. The van der Waals surface area contributed by atoms with Crippen LogP contribution in [-0.2, 0) is 14.8 Å². The second-order valence-corrected chi connectivity index (χ2v) is 6.99. The lowest BCUT2D eigenvalue weighted by Gasteiger charge is -2.30. The van der Waals surface area contributed by atoms with Crippen molar-refractivity contribution in [3.63, 3.8) is 0 Å². The first-order valence-electron chi connectivity index (χ1n) is 6.39. The van der Waals surface area contributed by atoms with Crippen LogP contribution in [0.2, 0.25) is 0 Å². The van der Waals surface area contributed by atoms with E-state index in [-0.39, 0.29) is 11.3 Å². The first-order chi connectivity index (χ1) is 8.16. The molecule has 2 fully saturated rings. The number of nitrogens with one attached hydrogen (secondary N) is 1. The van der Waals surface area contributed by atoms with Gasteiger partial charge < -0.3 is 10.1 Å². The highest BCUT2D eigenvalue weighted by Gasteiger charge is 2.39. The van der Waals surface area contributed by atoms with Crippen LogP contribution in [0.5, 0.6) is 0 Å². The average Bonchev–Trinajstić information content (AvgIpc) is 2.80.